The molecule has 0 aromatic carbocycles. The lowest BCUT2D eigenvalue weighted by Gasteiger charge is -2.26. The Morgan fingerprint density at radius 2 is 2.12 bits per heavy atom. The minimum absolute atomic E-state index is 0.0322. The maximum absolute atomic E-state index is 13.3. The molecule has 0 saturated carbocycles. The van der Waals surface area contributed by atoms with Gasteiger partial charge in [0.1, 0.15) is 17.9 Å². The zero-order valence-electron chi connectivity index (χ0n) is 13.0. The van der Waals surface area contributed by atoms with Crippen LogP contribution < -0.4 is 4.90 Å². The van der Waals surface area contributed by atoms with Gasteiger partial charge in [-0.25, -0.2) is 14.8 Å². The van der Waals surface area contributed by atoms with E-state index in [0.29, 0.717) is 18.8 Å². The molecule has 3 heterocycles. The van der Waals surface area contributed by atoms with Gasteiger partial charge >= 0.3 is 12.1 Å². The van der Waals surface area contributed by atoms with Crippen molar-refractivity contribution in [3.63, 3.8) is 0 Å². The van der Waals surface area contributed by atoms with E-state index in [0.717, 1.165) is 17.7 Å². The van der Waals surface area contributed by atoms with E-state index < -0.39 is 23.4 Å². The van der Waals surface area contributed by atoms with Crippen LogP contribution in [0.2, 0.25) is 0 Å². The Balaban J connectivity index is 1.83. The zero-order valence-corrected chi connectivity index (χ0v) is 13.8. The van der Waals surface area contributed by atoms with E-state index in [4.69, 9.17) is 9.15 Å². The summed E-state index contributed by atoms with van der Waals surface area (Å²) in [5.74, 6) is 0.722. The fourth-order valence-electron chi connectivity index (χ4n) is 2.26. The van der Waals surface area contributed by atoms with Gasteiger partial charge in [0.15, 0.2) is 5.69 Å². The minimum atomic E-state index is -4.79. The van der Waals surface area contributed by atoms with Gasteiger partial charge in [0.2, 0.25) is 5.95 Å². The molecule has 0 amide bonds. The van der Waals surface area contributed by atoms with Gasteiger partial charge < -0.3 is 14.1 Å². The average molecular weight is 373 g/mol. The van der Waals surface area contributed by atoms with Crippen LogP contribution in [0.1, 0.15) is 21.8 Å². The molecule has 6 nitrogen and oxygen atoms in total. The molecule has 1 fully saturated rings. The molecule has 1 aliphatic rings. The van der Waals surface area contributed by atoms with Crippen LogP contribution >= 0.6 is 11.8 Å². The third-order valence-electron chi connectivity index (χ3n) is 3.48. The van der Waals surface area contributed by atoms with Gasteiger partial charge in [0.05, 0.1) is 6.26 Å². The SMILES string of the molecule is O=C(OCc1ccco1)c1cnc(N2CCSCC2)nc1C(F)(F)F. The van der Waals surface area contributed by atoms with Crippen molar-refractivity contribution in [2.75, 3.05) is 29.5 Å². The molecule has 0 atom stereocenters. The van der Waals surface area contributed by atoms with E-state index in [1.54, 1.807) is 28.8 Å². The molecule has 3 rings (SSSR count). The Kier molecular flexibility index (Phi) is 5.16. The molecule has 2 aromatic rings. The van der Waals surface area contributed by atoms with E-state index in [-0.39, 0.29) is 12.6 Å². The number of furan rings is 1. The van der Waals surface area contributed by atoms with Crippen molar-refractivity contribution in [2.24, 2.45) is 0 Å². The summed E-state index contributed by atoms with van der Waals surface area (Å²) in [5, 5.41) is 0. The molecule has 0 N–H and O–H groups in total. The number of halogens is 3. The highest BCUT2D eigenvalue weighted by Crippen LogP contribution is 2.32. The summed E-state index contributed by atoms with van der Waals surface area (Å²) in [5.41, 5.74) is -2.01. The highest BCUT2D eigenvalue weighted by atomic mass is 32.2. The van der Waals surface area contributed by atoms with Crippen molar-refractivity contribution < 1.29 is 27.1 Å². The van der Waals surface area contributed by atoms with Gasteiger partial charge in [0, 0.05) is 30.8 Å². The molecule has 0 spiro atoms. The number of esters is 1. The number of hydrogen-bond donors (Lipinski definition) is 0. The first-order valence-electron chi connectivity index (χ1n) is 7.41. The van der Waals surface area contributed by atoms with E-state index in [2.05, 4.69) is 9.97 Å². The zero-order chi connectivity index (χ0) is 17.9. The lowest BCUT2D eigenvalue weighted by Crippen LogP contribution is -2.34. The summed E-state index contributed by atoms with van der Waals surface area (Å²) >= 11 is 1.71. The number of anilines is 1. The molecule has 1 aliphatic heterocycles. The topological polar surface area (TPSA) is 68.5 Å². The number of carbonyl (C=O) groups excluding carboxylic acids is 1. The summed E-state index contributed by atoms with van der Waals surface area (Å²) in [7, 11) is 0. The second-order valence-electron chi connectivity index (χ2n) is 5.18. The van der Waals surface area contributed by atoms with Crippen LogP contribution in [-0.4, -0.2) is 40.5 Å². The third kappa shape index (κ3) is 4.25. The Bertz CT molecular complexity index is 731. The number of carbonyl (C=O) groups is 1. The highest BCUT2D eigenvalue weighted by molar-refractivity contribution is 7.99. The first-order valence-corrected chi connectivity index (χ1v) is 8.57. The smallest absolute Gasteiger partial charge is 0.434 e. The minimum Gasteiger partial charge on any atom is -0.466 e. The monoisotopic (exact) mass is 373 g/mol. The van der Waals surface area contributed by atoms with Crippen LogP contribution in [-0.2, 0) is 17.5 Å². The molecular formula is C15H14F3N3O3S. The van der Waals surface area contributed by atoms with Crippen LogP contribution in [0.25, 0.3) is 0 Å². The van der Waals surface area contributed by atoms with E-state index in [9.17, 15) is 18.0 Å². The molecule has 10 heteroatoms. The number of rotatable bonds is 4. The Labute approximate surface area is 145 Å². The van der Waals surface area contributed by atoms with Crippen LogP contribution in [0.3, 0.4) is 0 Å². The van der Waals surface area contributed by atoms with Crippen molar-refractivity contribution in [3.05, 3.63) is 41.6 Å². The van der Waals surface area contributed by atoms with Crippen molar-refractivity contribution in [3.8, 4) is 0 Å². The largest absolute Gasteiger partial charge is 0.466 e. The number of ether oxygens (including phenoxy) is 1. The van der Waals surface area contributed by atoms with E-state index in [1.165, 1.54) is 6.26 Å². The van der Waals surface area contributed by atoms with Gasteiger partial charge in [0.25, 0.3) is 0 Å². The maximum Gasteiger partial charge on any atom is 0.434 e. The molecule has 0 unspecified atom stereocenters. The molecule has 1 saturated heterocycles. The number of thioether (sulfide) groups is 1. The fraction of sp³-hybridized carbons (Fsp3) is 0.400. The lowest BCUT2D eigenvalue weighted by molar-refractivity contribution is -0.141. The molecule has 134 valence electrons. The van der Waals surface area contributed by atoms with Crippen molar-refractivity contribution >= 4 is 23.7 Å². The lowest BCUT2D eigenvalue weighted by atomic mass is 10.2. The second-order valence-corrected chi connectivity index (χ2v) is 6.41. The van der Waals surface area contributed by atoms with Crippen molar-refractivity contribution in [2.45, 2.75) is 12.8 Å². The summed E-state index contributed by atoms with van der Waals surface area (Å²) in [6.45, 7) is 0.850. The predicted molar refractivity (Wildman–Crippen MR) is 84.4 cm³/mol. The first-order chi connectivity index (χ1) is 11.9. The standard InChI is InChI=1S/C15H14F3N3O3S/c16-15(17,18)12-11(13(22)24-9-10-2-1-5-23-10)8-19-14(20-12)21-3-6-25-7-4-21/h1-2,5,8H,3-4,6-7,9H2. The van der Waals surface area contributed by atoms with Gasteiger partial charge in [-0.2, -0.15) is 24.9 Å². The van der Waals surface area contributed by atoms with Crippen LogP contribution in [0, 0.1) is 0 Å². The maximum atomic E-state index is 13.3. The first kappa shape index (κ1) is 17.6. The summed E-state index contributed by atoms with van der Waals surface area (Å²) in [6, 6.07) is 3.13. The second kappa shape index (κ2) is 7.34. The molecule has 0 aliphatic carbocycles. The van der Waals surface area contributed by atoms with E-state index in [1.807, 2.05) is 0 Å². The third-order valence-corrected chi connectivity index (χ3v) is 4.43. The Morgan fingerprint density at radius 3 is 2.76 bits per heavy atom. The van der Waals surface area contributed by atoms with Gasteiger partial charge in [-0.1, -0.05) is 0 Å². The molecule has 0 bridgehead atoms. The van der Waals surface area contributed by atoms with Crippen LogP contribution in [0.5, 0.6) is 0 Å². The fourth-order valence-corrected chi connectivity index (χ4v) is 3.17. The highest BCUT2D eigenvalue weighted by Gasteiger charge is 2.39. The quantitative estimate of drug-likeness (QED) is 0.763. The number of hydrogen-bond acceptors (Lipinski definition) is 7. The van der Waals surface area contributed by atoms with Crippen molar-refractivity contribution in [1.82, 2.24) is 9.97 Å². The van der Waals surface area contributed by atoms with Gasteiger partial charge in [-0.15, -0.1) is 0 Å². The van der Waals surface area contributed by atoms with Crippen LogP contribution in [0.15, 0.2) is 29.0 Å². The van der Waals surface area contributed by atoms with Crippen molar-refractivity contribution in [1.29, 1.82) is 0 Å². The summed E-state index contributed by atoms with van der Waals surface area (Å²) in [4.78, 5) is 21.2. The Morgan fingerprint density at radius 1 is 1.36 bits per heavy atom. The summed E-state index contributed by atoms with van der Waals surface area (Å²) in [6.07, 6.45) is -2.54. The Hall–Kier alpha value is -2.23. The number of alkyl halides is 3. The summed E-state index contributed by atoms with van der Waals surface area (Å²) < 4.78 is 49.8. The average Bonchev–Trinajstić information content (AvgIpc) is 3.13. The molecule has 0 radical (unpaired) electrons. The molecule has 25 heavy (non-hydrogen) atoms. The van der Waals surface area contributed by atoms with Gasteiger partial charge in [-0.3, -0.25) is 0 Å². The van der Waals surface area contributed by atoms with E-state index >= 15 is 0 Å². The number of nitrogens with zero attached hydrogens (tertiary/aromatic N) is 3. The predicted octanol–water partition coefficient (Wildman–Crippen LogP) is 3.00. The molecule has 2 aromatic heterocycles. The van der Waals surface area contributed by atoms with Crippen LogP contribution in [0.4, 0.5) is 19.1 Å². The normalized spacial score (nSPS) is 15.2. The number of aromatic nitrogens is 2. The van der Waals surface area contributed by atoms with Gasteiger partial charge in [-0.05, 0) is 12.1 Å². The molecular weight excluding hydrogens is 359 g/mol.